The van der Waals surface area contributed by atoms with Crippen LogP contribution < -0.4 is 23.7 Å². The third-order valence-corrected chi connectivity index (χ3v) is 7.09. The van der Waals surface area contributed by atoms with E-state index >= 15 is 0 Å². The van der Waals surface area contributed by atoms with Crippen LogP contribution in [-0.2, 0) is 6.42 Å². The highest BCUT2D eigenvalue weighted by Gasteiger charge is 2.17. The number of hydrogen-bond donors (Lipinski definition) is 2. The fourth-order valence-corrected chi connectivity index (χ4v) is 4.96. The van der Waals surface area contributed by atoms with Crippen molar-refractivity contribution >= 4 is 29.0 Å². The number of halogens is 1. The van der Waals surface area contributed by atoms with Gasteiger partial charge in [0.2, 0.25) is 0 Å². The highest BCUT2D eigenvalue weighted by molar-refractivity contribution is 6.12. The van der Waals surface area contributed by atoms with Crippen LogP contribution in [0.25, 0.3) is 10.8 Å². The molecule has 0 fully saturated rings. The van der Waals surface area contributed by atoms with Crippen molar-refractivity contribution in [2.75, 3.05) is 33.5 Å². The zero-order chi connectivity index (χ0) is 33.8. The Balaban J connectivity index is 0.000000283. The number of pyridine rings is 1. The van der Waals surface area contributed by atoms with Crippen LogP contribution in [0.1, 0.15) is 54.9 Å². The van der Waals surface area contributed by atoms with E-state index in [1.807, 2.05) is 64.2 Å². The van der Waals surface area contributed by atoms with Crippen molar-refractivity contribution in [3.05, 3.63) is 107 Å². The molecule has 4 aromatic carbocycles. The van der Waals surface area contributed by atoms with Gasteiger partial charge in [-0.05, 0) is 93.2 Å². The van der Waals surface area contributed by atoms with Gasteiger partial charge in [0.15, 0.2) is 28.8 Å². The molecule has 10 heteroatoms. The maximum absolute atomic E-state index is 12.1. The lowest BCUT2D eigenvalue weighted by atomic mass is 10.0. The minimum atomic E-state index is -0.437. The molecule has 0 aliphatic rings. The second-order valence-corrected chi connectivity index (χ2v) is 10.2. The number of aromatic hydroxyl groups is 2. The summed E-state index contributed by atoms with van der Waals surface area (Å²) in [6, 6.07) is 22.7. The molecule has 9 nitrogen and oxygen atoms in total. The lowest BCUT2D eigenvalue weighted by Crippen LogP contribution is -2.02. The number of carbonyl (C=O) groups excluding carboxylic acids is 1. The number of carbonyl (C=O) groups is 1. The van der Waals surface area contributed by atoms with Gasteiger partial charge in [0.05, 0.1) is 50.4 Å². The molecule has 0 aliphatic heterocycles. The summed E-state index contributed by atoms with van der Waals surface area (Å²) in [6.07, 6.45) is 2.52. The van der Waals surface area contributed by atoms with E-state index in [-0.39, 0.29) is 35.0 Å². The van der Waals surface area contributed by atoms with Crippen molar-refractivity contribution in [2.24, 2.45) is 0 Å². The summed E-state index contributed by atoms with van der Waals surface area (Å²) in [6.45, 7) is 10.3. The highest BCUT2D eigenvalue weighted by atomic mass is 35.5. The van der Waals surface area contributed by atoms with Gasteiger partial charge in [0.25, 0.3) is 0 Å². The molecule has 1 heterocycles. The predicted octanol–water partition coefficient (Wildman–Crippen LogP) is 8.18. The third kappa shape index (κ3) is 9.23. The molecule has 2 N–H and O–H groups in total. The molecule has 1 aromatic heterocycles. The number of ether oxygens (including phenoxy) is 5. The van der Waals surface area contributed by atoms with Gasteiger partial charge < -0.3 is 33.9 Å². The Morgan fingerprint density at radius 2 is 1.27 bits per heavy atom. The van der Waals surface area contributed by atoms with Gasteiger partial charge in [-0.25, -0.2) is 0 Å². The zero-order valence-electron chi connectivity index (χ0n) is 27.8. The average molecular weight is 676 g/mol. The smallest absolute Gasteiger partial charge is 0.200 e. The van der Waals surface area contributed by atoms with E-state index in [0.29, 0.717) is 38.6 Å². The molecule has 48 heavy (non-hydrogen) atoms. The van der Waals surface area contributed by atoms with Gasteiger partial charge in [-0.1, -0.05) is 18.2 Å². The molecule has 0 atom stereocenters. The molecule has 254 valence electrons. The number of rotatable bonds is 13. The molecule has 5 rings (SSSR count). The Hall–Kier alpha value is -5.15. The number of benzene rings is 4. The third-order valence-electron chi connectivity index (χ3n) is 7.09. The van der Waals surface area contributed by atoms with Crippen LogP contribution in [0.3, 0.4) is 0 Å². The van der Waals surface area contributed by atoms with E-state index in [9.17, 15) is 15.0 Å². The van der Waals surface area contributed by atoms with Gasteiger partial charge in [0.1, 0.15) is 17.2 Å². The largest absolute Gasteiger partial charge is 0.507 e. The first-order chi connectivity index (χ1) is 22.8. The summed E-state index contributed by atoms with van der Waals surface area (Å²) in [5, 5.41) is 21.5. The first-order valence-electron chi connectivity index (χ1n) is 15.6. The van der Waals surface area contributed by atoms with Crippen LogP contribution >= 0.6 is 12.4 Å². The van der Waals surface area contributed by atoms with Gasteiger partial charge in [0, 0.05) is 24.1 Å². The summed E-state index contributed by atoms with van der Waals surface area (Å²) in [4.78, 5) is 16.8. The van der Waals surface area contributed by atoms with Gasteiger partial charge in [-0.2, -0.15) is 0 Å². The quantitative estimate of drug-likeness (QED) is 0.119. The molecule has 0 bridgehead atoms. The van der Waals surface area contributed by atoms with Gasteiger partial charge in [-0.15, -0.1) is 12.4 Å². The van der Waals surface area contributed by atoms with Crippen LogP contribution in [0.15, 0.2) is 85.1 Å². The SMILES string of the molecule is CCOc1ccc(Cc2nccc3cc(OCC)c(OCC)cc23)cc1OCC.COc1ccc(C(=O)c2ccccc2O)c(O)c1.Cl. The van der Waals surface area contributed by atoms with Crippen LogP contribution in [0.5, 0.6) is 40.2 Å². The molecule has 0 spiro atoms. The number of aromatic nitrogens is 1. The summed E-state index contributed by atoms with van der Waals surface area (Å²) >= 11 is 0. The standard InChI is InChI=1S/C24H29NO4.C14H12O4.ClH/c1-5-26-21-10-9-17(14-22(21)27-6-2)13-20-19-16-24(29-8-4)23(28-7-3)15-18(19)11-12-25-20;1-18-9-6-7-11(13(16)8-9)14(17)10-4-2-3-5-12(10)15;/h9-12,14-16H,5-8,13H2,1-4H3;2-8,15-16H,1H3;1H. The molecule has 0 saturated carbocycles. The Morgan fingerprint density at radius 1 is 0.667 bits per heavy atom. The summed E-state index contributed by atoms with van der Waals surface area (Å²) in [5.74, 6) is 2.77. The van der Waals surface area contributed by atoms with E-state index < -0.39 is 5.78 Å². The molecular formula is C38H42ClNO8. The van der Waals surface area contributed by atoms with Crippen LogP contribution in [0.4, 0.5) is 0 Å². The highest BCUT2D eigenvalue weighted by Crippen LogP contribution is 2.35. The maximum atomic E-state index is 12.1. The monoisotopic (exact) mass is 675 g/mol. The number of fused-ring (bicyclic) bond motifs is 1. The summed E-state index contributed by atoms with van der Waals surface area (Å²) in [5.41, 5.74) is 2.37. The van der Waals surface area contributed by atoms with E-state index in [0.717, 1.165) is 45.0 Å². The summed E-state index contributed by atoms with van der Waals surface area (Å²) < 4.78 is 27.9. The van der Waals surface area contributed by atoms with Crippen LogP contribution in [0.2, 0.25) is 0 Å². The van der Waals surface area contributed by atoms with Crippen LogP contribution in [-0.4, -0.2) is 54.5 Å². The molecule has 0 radical (unpaired) electrons. The lowest BCUT2D eigenvalue weighted by molar-refractivity contribution is 0.103. The Morgan fingerprint density at radius 3 is 1.90 bits per heavy atom. The number of phenolic OH excluding ortho intramolecular Hbond substituents is 2. The van der Waals surface area contributed by atoms with E-state index in [2.05, 4.69) is 11.1 Å². The van der Waals surface area contributed by atoms with Crippen molar-refractivity contribution in [2.45, 2.75) is 34.1 Å². The first-order valence-corrected chi connectivity index (χ1v) is 15.6. The second-order valence-electron chi connectivity index (χ2n) is 10.2. The number of para-hydroxylation sites is 1. The molecular weight excluding hydrogens is 634 g/mol. The molecule has 0 saturated heterocycles. The second kappa shape index (κ2) is 18.3. The van der Waals surface area contributed by atoms with Crippen LogP contribution in [0, 0.1) is 0 Å². The Bertz CT molecular complexity index is 1810. The average Bonchev–Trinajstić information content (AvgIpc) is 3.07. The maximum Gasteiger partial charge on any atom is 0.200 e. The fourth-order valence-electron chi connectivity index (χ4n) is 4.96. The van der Waals surface area contributed by atoms with Crippen molar-refractivity contribution in [1.82, 2.24) is 4.98 Å². The van der Waals surface area contributed by atoms with Crippen molar-refractivity contribution in [1.29, 1.82) is 0 Å². The Kier molecular flexibility index (Phi) is 14.2. The minimum absolute atomic E-state index is 0. The topological polar surface area (TPSA) is 117 Å². The number of nitrogens with zero attached hydrogens (tertiary/aromatic N) is 1. The summed E-state index contributed by atoms with van der Waals surface area (Å²) in [7, 11) is 1.47. The molecule has 0 amide bonds. The molecule has 0 aliphatic carbocycles. The van der Waals surface area contributed by atoms with Crippen molar-refractivity contribution in [3.63, 3.8) is 0 Å². The fraction of sp³-hybridized carbons (Fsp3) is 0.263. The normalized spacial score (nSPS) is 10.3. The minimum Gasteiger partial charge on any atom is -0.507 e. The predicted molar refractivity (Wildman–Crippen MR) is 189 cm³/mol. The van der Waals surface area contributed by atoms with E-state index in [4.69, 9.17) is 23.7 Å². The first kappa shape index (κ1) is 37.3. The number of ketones is 1. The Labute approximate surface area is 287 Å². The van der Waals surface area contributed by atoms with Crippen molar-refractivity contribution < 1.29 is 38.7 Å². The van der Waals surface area contributed by atoms with Crippen molar-refractivity contribution in [3.8, 4) is 40.2 Å². The molecule has 0 unspecified atom stereocenters. The number of hydrogen-bond acceptors (Lipinski definition) is 9. The molecule has 5 aromatic rings. The van der Waals surface area contributed by atoms with E-state index in [1.54, 1.807) is 18.2 Å². The number of methoxy groups -OCH3 is 1. The van der Waals surface area contributed by atoms with Gasteiger partial charge >= 0.3 is 0 Å². The number of phenols is 2. The lowest BCUT2D eigenvalue weighted by Gasteiger charge is -2.15. The van der Waals surface area contributed by atoms with E-state index in [1.165, 1.54) is 31.4 Å². The zero-order valence-corrected chi connectivity index (χ0v) is 28.6. The van der Waals surface area contributed by atoms with Gasteiger partial charge in [-0.3, -0.25) is 9.78 Å².